The van der Waals surface area contributed by atoms with Crippen molar-refractivity contribution in [3.8, 4) is 0 Å². The van der Waals surface area contributed by atoms with Crippen LogP contribution < -0.4 is 5.73 Å². The fourth-order valence-electron chi connectivity index (χ4n) is 3.15. The zero-order valence-electron chi connectivity index (χ0n) is 12.7. The maximum Gasteiger partial charge on any atom is 0.222 e. The minimum atomic E-state index is -0.199. The van der Waals surface area contributed by atoms with Gasteiger partial charge in [-0.1, -0.05) is 37.3 Å². The Morgan fingerprint density at radius 1 is 1.36 bits per heavy atom. The van der Waals surface area contributed by atoms with Crippen LogP contribution in [-0.2, 0) is 17.8 Å². The van der Waals surface area contributed by atoms with E-state index in [1.165, 1.54) is 15.4 Å². The van der Waals surface area contributed by atoms with Gasteiger partial charge in [0.25, 0.3) is 0 Å². The Balaban J connectivity index is 1.74. The molecule has 0 spiro atoms. The number of nitrogens with zero attached hydrogens (tertiary/aromatic N) is 2. The highest BCUT2D eigenvalue weighted by atomic mass is 32.1. The molecule has 5 heteroatoms. The second kappa shape index (κ2) is 6.58. The molecule has 2 N–H and O–H groups in total. The van der Waals surface area contributed by atoms with Gasteiger partial charge in [0.05, 0.1) is 10.9 Å². The molecule has 0 radical (unpaired) electrons. The molecule has 1 saturated heterocycles. The summed E-state index contributed by atoms with van der Waals surface area (Å²) in [6.45, 7) is 4.57. The Bertz CT molecular complexity index is 640. The number of likely N-dealkylation sites (tertiary alicyclic amines) is 1. The number of carbonyl (C=O) groups excluding carboxylic acids is 1. The van der Waals surface area contributed by atoms with Gasteiger partial charge in [-0.15, -0.1) is 11.3 Å². The van der Waals surface area contributed by atoms with Crippen molar-refractivity contribution < 1.29 is 4.79 Å². The van der Waals surface area contributed by atoms with Crippen molar-refractivity contribution in [1.29, 1.82) is 0 Å². The van der Waals surface area contributed by atoms with Gasteiger partial charge in [-0.2, -0.15) is 0 Å². The van der Waals surface area contributed by atoms with Gasteiger partial charge in [-0.25, -0.2) is 4.98 Å². The molecule has 1 aliphatic rings. The van der Waals surface area contributed by atoms with Gasteiger partial charge in [0.15, 0.2) is 0 Å². The van der Waals surface area contributed by atoms with E-state index in [4.69, 9.17) is 5.73 Å². The first-order valence-electron chi connectivity index (χ1n) is 7.67. The smallest absolute Gasteiger partial charge is 0.222 e. The Hall–Kier alpha value is -1.72. The lowest BCUT2D eigenvalue weighted by molar-refractivity contribution is -0.121. The van der Waals surface area contributed by atoms with Crippen LogP contribution >= 0.6 is 11.3 Å². The molecule has 1 aromatic heterocycles. The summed E-state index contributed by atoms with van der Waals surface area (Å²) in [6, 6.07) is 10.2. The maximum atomic E-state index is 11.8. The fourth-order valence-corrected chi connectivity index (χ4v) is 4.05. The van der Waals surface area contributed by atoms with Crippen LogP contribution in [-0.4, -0.2) is 28.9 Å². The van der Waals surface area contributed by atoms with Crippen molar-refractivity contribution in [3.05, 3.63) is 52.0 Å². The fraction of sp³-hybridized carbons (Fsp3) is 0.412. The highest BCUT2D eigenvalue weighted by molar-refractivity contribution is 7.11. The van der Waals surface area contributed by atoms with Crippen LogP contribution in [0.25, 0.3) is 0 Å². The lowest BCUT2D eigenvalue weighted by atomic mass is 9.89. The third-order valence-electron chi connectivity index (χ3n) is 4.27. The molecule has 1 amide bonds. The molecule has 4 nitrogen and oxygen atoms in total. The van der Waals surface area contributed by atoms with Crippen LogP contribution in [0.3, 0.4) is 0 Å². The Morgan fingerprint density at radius 3 is 2.77 bits per heavy atom. The van der Waals surface area contributed by atoms with Crippen molar-refractivity contribution in [2.45, 2.75) is 25.8 Å². The average molecular weight is 315 g/mol. The molecule has 1 aromatic carbocycles. The number of benzene rings is 1. The van der Waals surface area contributed by atoms with Crippen LogP contribution in [0.15, 0.2) is 36.5 Å². The van der Waals surface area contributed by atoms with Crippen molar-refractivity contribution in [2.24, 2.45) is 11.7 Å². The first-order valence-corrected chi connectivity index (χ1v) is 8.49. The van der Waals surface area contributed by atoms with Crippen molar-refractivity contribution in [2.75, 3.05) is 13.1 Å². The van der Waals surface area contributed by atoms with Gasteiger partial charge in [-0.3, -0.25) is 9.69 Å². The molecule has 22 heavy (non-hydrogen) atoms. The monoisotopic (exact) mass is 315 g/mol. The van der Waals surface area contributed by atoms with Crippen molar-refractivity contribution in [3.63, 3.8) is 0 Å². The number of thiazole rings is 1. The van der Waals surface area contributed by atoms with Crippen LogP contribution in [0.5, 0.6) is 0 Å². The molecule has 3 rings (SSSR count). The molecular weight excluding hydrogens is 294 g/mol. The summed E-state index contributed by atoms with van der Waals surface area (Å²) in [5.41, 5.74) is 6.83. The van der Waals surface area contributed by atoms with Crippen LogP contribution in [0.1, 0.15) is 28.3 Å². The van der Waals surface area contributed by atoms with E-state index in [0.717, 1.165) is 26.1 Å². The zero-order chi connectivity index (χ0) is 15.5. The minimum Gasteiger partial charge on any atom is -0.369 e. The molecule has 1 fully saturated rings. The third kappa shape index (κ3) is 3.20. The molecule has 0 unspecified atom stereocenters. The number of rotatable bonds is 5. The summed E-state index contributed by atoms with van der Waals surface area (Å²) in [7, 11) is 0. The molecule has 0 aliphatic carbocycles. The first-order chi connectivity index (χ1) is 10.7. The largest absolute Gasteiger partial charge is 0.369 e. The summed E-state index contributed by atoms with van der Waals surface area (Å²) in [5, 5.41) is 1.17. The third-order valence-corrected chi connectivity index (χ3v) is 5.40. The van der Waals surface area contributed by atoms with E-state index in [9.17, 15) is 4.79 Å². The normalized spacial score (nSPS) is 22.0. The van der Waals surface area contributed by atoms with Crippen molar-refractivity contribution >= 4 is 17.2 Å². The predicted octanol–water partition coefficient (Wildman–Crippen LogP) is 2.41. The van der Waals surface area contributed by atoms with Crippen LogP contribution in [0, 0.1) is 5.92 Å². The van der Waals surface area contributed by atoms with E-state index < -0.39 is 0 Å². The molecule has 2 aromatic rings. The van der Waals surface area contributed by atoms with Crippen LogP contribution in [0.4, 0.5) is 0 Å². The quantitative estimate of drug-likeness (QED) is 0.922. The molecular formula is C17H21N3OS. The average Bonchev–Trinajstić information content (AvgIpc) is 3.15. The number of hydrogen-bond acceptors (Lipinski definition) is 4. The summed E-state index contributed by atoms with van der Waals surface area (Å²) in [5.74, 6) is -0.117. The zero-order valence-corrected chi connectivity index (χ0v) is 13.6. The first kappa shape index (κ1) is 15.2. The van der Waals surface area contributed by atoms with E-state index in [1.807, 2.05) is 24.4 Å². The number of hydrogen-bond donors (Lipinski definition) is 1. The number of nitrogens with two attached hydrogens (primary N) is 1. The number of aromatic nitrogens is 1. The van der Waals surface area contributed by atoms with E-state index in [0.29, 0.717) is 0 Å². The van der Waals surface area contributed by atoms with Gasteiger partial charge in [-0.05, 0) is 12.0 Å². The number of primary amides is 1. The van der Waals surface area contributed by atoms with Gasteiger partial charge in [0.2, 0.25) is 5.91 Å². The van der Waals surface area contributed by atoms with Crippen molar-refractivity contribution in [1.82, 2.24) is 9.88 Å². The maximum absolute atomic E-state index is 11.8. The van der Waals surface area contributed by atoms with Gasteiger partial charge < -0.3 is 5.73 Å². The Morgan fingerprint density at radius 2 is 2.14 bits per heavy atom. The lowest BCUT2D eigenvalue weighted by Crippen LogP contribution is -2.29. The highest BCUT2D eigenvalue weighted by Gasteiger charge is 2.37. The van der Waals surface area contributed by atoms with Crippen LogP contribution in [0.2, 0.25) is 0 Å². The second-order valence-electron chi connectivity index (χ2n) is 5.79. The lowest BCUT2D eigenvalue weighted by Gasteiger charge is -2.15. The van der Waals surface area contributed by atoms with E-state index in [-0.39, 0.29) is 17.7 Å². The molecule has 2 atom stereocenters. The minimum absolute atomic E-state index is 0.110. The number of carbonyl (C=O) groups is 1. The molecule has 116 valence electrons. The SMILES string of the molecule is CCc1ncc(CN2C[C@H](C(N)=O)[C@@H](c3ccccc3)C2)s1. The summed E-state index contributed by atoms with van der Waals surface area (Å²) < 4.78 is 0. The Kier molecular flexibility index (Phi) is 4.55. The summed E-state index contributed by atoms with van der Waals surface area (Å²) in [4.78, 5) is 19.8. The van der Waals surface area contributed by atoms with Gasteiger partial charge in [0.1, 0.15) is 0 Å². The molecule has 2 heterocycles. The predicted molar refractivity (Wildman–Crippen MR) is 88.6 cm³/mol. The van der Waals surface area contributed by atoms with Gasteiger partial charge >= 0.3 is 0 Å². The molecule has 0 saturated carbocycles. The highest BCUT2D eigenvalue weighted by Crippen LogP contribution is 2.33. The number of aryl methyl sites for hydroxylation is 1. The number of amides is 1. The van der Waals surface area contributed by atoms with E-state index in [1.54, 1.807) is 11.3 Å². The summed E-state index contributed by atoms with van der Waals surface area (Å²) >= 11 is 1.76. The molecule has 0 bridgehead atoms. The Labute approximate surface area is 135 Å². The molecule has 1 aliphatic heterocycles. The topological polar surface area (TPSA) is 59.2 Å². The van der Waals surface area contributed by atoms with E-state index in [2.05, 4.69) is 28.9 Å². The van der Waals surface area contributed by atoms with Gasteiger partial charge in [0, 0.05) is 36.6 Å². The standard InChI is InChI=1S/C17H21N3OS/c1-2-16-19-8-13(22-16)9-20-10-14(15(11-20)17(18)21)12-6-4-3-5-7-12/h3-8,14-15H,2,9-11H2,1H3,(H2,18,21)/t14-,15+/m1/s1. The van der Waals surface area contributed by atoms with E-state index >= 15 is 0 Å². The summed E-state index contributed by atoms with van der Waals surface area (Å²) in [6.07, 6.45) is 2.93. The second-order valence-corrected chi connectivity index (χ2v) is 6.99.